The highest BCUT2D eigenvalue weighted by molar-refractivity contribution is 7.46. The van der Waals surface area contributed by atoms with Crippen LogP contribution in [0.1, 0.15) is 174 Å². The molecule has 0 bridgehead atoms. The van der Waals surface area contributed by atoms with Gasteiger partial charge < -0.3 is 19.3 Å². The molecule has 0 aliphatic heterocycles. The number of carbonyl (C=O) groups excluding carboxylic acids is 2. The molecule has 2 N–H and O–H groups in total. The summed E-state index contributed by atoms with van der Waals surface area (Å²) in [6.07, 6.45) is 38.7. The summed E-state index contributed by atoms with van der Waals surface area (Å²) in [4.78, 5) is 42.6. The van der Waals surface area contributed by atoms with Gasteiger partial charge in [0.05, 0.1) is 6.61 Å². The highest BCUT2D eigenvalue weighted by Gasteiger charge is 2.22. The zero-order valence-electron chi connectivity index (χ0n) is 29.9. The Bertz CT molecular complexity index is 864. The van der Waals surface area contributed by atoms with Crippen LogP contribution >= 0.6 is 7.82 Å². The fourth-order valence-electron chi connectivity index (χ4n) is 5.09. The Morgan fingerprint density at radius 3 is 1.49 bits per heavy atom. The van der Waals surface area contributed by atoms with Crippen LogP contribution in [0, 0.1) is 0 Å². The third kappa shape index (κ3) is 36.9. The van der Waals surface area contributed by atoms with E-state index in [0.717, 1.165) is 44.9 Å². The molecule has 0 radical (unpaired) electrons. The first-order chi connectivity index (χ1) is 22.8. The van der Waals surface area contributed by atoms with Gasteiger partial charge in [-0.3, -0.25) is 14.1 Å². The Morgan fingerprint density at radius 2 is 0.979 bits per heavy atom. The molecule has 0 amide bonds. The summed E-state index contributed by atoms with van der Waals surface area (Å²) in [7, 11) is -4.76. The van der Waals surface area contributed by atoms with Crippen LogP contribution in [0.3, 0.4) is 0 Å². The Labute approximate surface area is 287 Å². The maximum Gasteiger partial charge on any atom is 0.469 e. The van der Waals surface area contributed by atoms with Crippen LogP contribution in [-0.2, 0) is 28.2 Å². The number of ether oxygens (including phenoxy) is 2. The Morgan fingerprint density at radius 1 is 0.553 bits per heavy atom. The van der Waals surface area contributed by atoms with Crippen LogP contribution in [0.4, 0.5) is 0 Å². The topological polar surface area (TPSA) is 119 Å². The number of hydrogen-bond donors (Lipinski definition) is 2. The lowest BCUT2D eigenvalue weighted by molar-refractivity contribution is -0.161. The van der Waals surface area contributed by atoms with Crippen LogP contribution in [0.5, 0.6) is 0 Å². The van der Waals surface area contributed by atoms with Crippen molar-refractivity contribution in [3.8, 4) is 0 Å². The molecule has 0 heterocycles. The number of allylic oxidation sites excluding steroid dienone is 6. The summed E-state index contributed by atoms with van der Waals surface area (Å²) in [5.74, 6) is -0.944. The van der Waals surface area contributed by atoms with E-state index < -0.39 is 32.5 Å². The van der Waals surface area contributed by atoms with Crippen molar-refractivity contribution in [2.75, 3.05) is 13.2 Å². The number of esters is 2. The molecule has 9 heteroatoms. The van der Waals surface area contributed by atoms with Crippen LogP contribution < -0.4 is 0 Å². The van der Waals surface area contributed by atoms with Gasteiger partial charge in [-0.25, -0.2) is 4.57 Å². The summed E-state index contributed by atoms with van der Waals surface area (Å²) in [6.45, 7) is 3.62. The average molecular weight is 685 g/mol. The Kier molecular flexibility index (Phi) is 32.9. The van der Waals surface area contributed by atoms with E-state index in [-0.39, 0.29) is 19.4 Å². The quantitative estimate of drug-likeness (QED) is 0.0297. The number of phosphoric acid groups is 1. The van der Waals surface area contributed by atoms with Gasteiger partial charge in [-0.15, -0.1) is 0 Å². The van der Waals surface area contributed by atoms with Gasteiger partial charge in [0.1, 0.15) is 6.61 Å². The fourth-order valence-corrected chi connectivity index (χ4v) is 5.45. The van der Waals surface area contributed by atoms with Gasteiger partial charge in [0.15, 0.2) is 6.10 Å². The SMILES string of the molecule is CCCCCCCC/C=C\C/C=C\C/C=C\CCCC(=O)OC[C@H](COP(=O)(O)O)OC(=O)CCCCCCCCCCCCCC. The molecular weight excluding hydrogens is 615 g/mol. The summed E-state index contributed by atoms with van der Waals surface area (Å²) >= 11 is 0. The van der Waals surface area contributed by atoms with Gasteiger partial charge in [-0.05, 0) is 44.9 Å². The molecule has 1 atom stereocenters. The third-order valence-electron chi connectivity index (χ3n) is 7.91. The molecule has 274 valence electrons. The first kappa shape index (κ1) is 45.3. The average Bonchev–Trinajstić information content (AvgIpc) is 3.04. The lowest BCUT2D eigenvalue weighted by Crippen LogP contribution is -2.29. The van der Waals surface area contributed by atoms with Crippen molar-refractivity contribution in [1.29, 1.82) is 0 Å². The molecule has 0 saturated heterocycles. The Hall–Kier alpha value is -1.73. The molecule has 0 aliphatic rings. The predicted octanol–water partition coefficient (Wildman–Crippen LogP) is 11.0. The highest BCUT2D eigenvalue weighted by Crippen LogP contribution is 2.36. The van der Waals surface area contributed by atoms with Gasteiger partial charge in [0.25, 0.3) is 0 Å². The van der Waals surface area contributed by atoms with Gasteiger partial charge in [0, 0.05) is 12.8 Å². The van der Waals surface area contributed by atoms with Gasteiger partial charge in [-0.1, -0.05) is 153 Å². The summed E-state index contributed by atoms with van der Waals surface area (Å²) in [5.41, 5.74) is 0. The van der Waals surface area contributed by atoms with Gasteiger partial charge >= 0.3 is 19.8 Å². The van der Waals surface area contributed by atoms with Crippen molar-refractivity contribution < 1.29 is 37.9 Å². The molecule has 0 saturated carbocycles. The minimum absolute atomic E-state index is 0.197. The zero-order chi connectivity index (χ0) is 34.7. The molecule has 0 aromatic heterocycles. The molecule has 0 fully saturated rings. The van der Waals surface area contributed by atoms with E-state index in [9.17, 15) is 14.2 Å². The molecule has 8 nitrogen and oxygen atoms in total. The number of rotatable bonds is 34. The summed E-state index contributed by atoms with van der Waals surface area (Å²) < 4.78 is 26.2. The smallest absolute Gasteiger partial charge is 0.462 e. The van der Waals surface area contributed by atoms with Crippen molar-refractivity contribution in [2.45, 2.75) is 180 Å². The second-order valence-corrected chi connectivity index (χ2v) is 13.8. The van der Waals surface area contributed by atoms with Crippen LogP contribution in [0.2, 0.25) is 0 Å². The van der Waals surface area contributed by atoms with Crippen LogP contribution in [0.15, 0.2) is 36.5 Å². The van der Waals surface area contributed by atoms with Gasteiger partial charge in [-0.2, -0.15) is 0 Å². The van der Waals surface area contributed by atoms with Crippen molar-refractivity contribution in [1.82, 2.24) is 0 Å². The van der Waals surface area contributed by atoms with E-state index in [0.29, 0.717) is 12.8 Å². The minimum atomic E-state index is -4.76. The van der Waals surface area contributed by atoms with Crippen molar-refractivity contribution >= 4 is 19.8 Å². The summed E-state index contributed by atoms with van der Waals surface area (Å²) in [5, 5.41) is 0. The summed E-state index contributed by atoms with van der Waals surface area (Å²) in [6, 6.07) is 0. The second kappa shape index (κ2) is 34.1. The van der Waals surface area contributed by atoms with E-state index in [1.807, 2.05) is 6.08 Å². The zero-order valence-corrected chi connectivity index (χ0v) is 30.8. The lowest BCUT2D eigenvalue weighted by Gasteiger charge is -2.18. The van der Waals surface area contributed by atoms with Crippen molar-refractivity contribution in [3.63, 3.8) is 0 Å². The number of hydrogen-bond acceptors (Lipinski definition) is 6. The van der Waals surface area contributed by atoms with E-state index >= 15 is 0 Å². The maximum absolute atomic E-state index is 12.3. The molecule has 0 aromatic carbocycles. The van der Waals surface area contributed by atoms with Crippen molar-refractivity contribution in [3.05, 3.63) is 36.5 Å². The van der Waals surface area contributed by atoms with E-state index in [1.54, 1.807) is 0 Å². The first-order valence-corrected chi connectivity index (χ1v) is 20.3. The van der Waals surface area contributed by atoms with E-state index in [1.165, 1.54) is 89.9 Å². The standard InChI is InChI=1S/C38H69O8P/c1-3-5-7-9-11-13-15-17-18-19-20-21-23-24-26-28-30-32-37(39)44-34-36(35-45-47(41,42)43)46-38(40)33-31-29-27-25-22-16-14-12-10-8-6-4-2/h17-18,20-21,24,26,36H,3-16,19,22-23,25,27-35H2,1-2H3,(H2,41,42,43)/b18-17-,21-20-,26-24-/t36-/m1/s1. The van der Waals surface area contributed by atoms with E-state index in [2.05, 4.69) is 48.8 Å². The van der Waals surface area contributed by atoms with Crippen LogP contribution in [-0.4, -0.2) is 41.0 Å². The predicted molar refractivity (Wildman–Crippen MR) is 193 cm³/mol. The fraction of sp³-hybridized carbons (Fsp3) is 0.789. The monoisotopic (exact) mass is 684 g/mol. The maximum atomic E-state index is 12.3. The molecule has 0 aromatic rings. The van der Waals surface area contributed by atoms with Crippen LogP contribution in [0.25, 0.3) is 0 Å². The number of unbranched alkanes of at least 4 members (excludes halogenated alkanes) is 18. The normalized spacial score (nSPS) is 12.9. The largest absolute Gasteiger partial charge is 0.469 e. The molecular formula is C38H69O8P. The minimum Gasteiger partial charge on any atom is -0.462 e. The molecule has 0 rings (SSSR count). The third-order valence-corrected chi connectivity index (χ3v) is 8.40. The number of carbonyl (C=O) groups is 2. The molecule has 0 aliphatic carbocycles. The lowest BCUT2D eigenvalue weighted by atomic mass is 10.0. The second-order valence-electron chi connectivity index (χ2n) is 12.6. The molecule has 0 spiro atoms. The first-order valence-electron chi connectivity index (χ1n) is 18.8. The Balaban J connectivity index is 4.05. The molecule has 47 heavy (non-hydrogen) atoms. The highest BCUT2D eigenvalue weighted by atomic mass is 31.2. The van der Waals surface area contributed by atoms with E-state index in [4.69, 9.17) is 19.3 Å². The molecule has 0 unspecified atom stereocenters. The van der Waals surface area contributed by atoms with Gasteiger partial charge in [0.2, 0.25) is 0 Å². The number of phosphoric ester groups is 1. The van der Waals surface area contributed by atoms with Crippen molar-refractivity contribution in [2.24, 2.45) is 0 Å².